The number of aromatic nitrogens is 2. The standard InChI is InChI=1S/C17H16N4O3S2/c1-9-4-5-13-15(21-26-20-13)14(9)18-17(25)19-16(22)10-6-11(23-2)8-12(7-10)24-3/h4-8H,1-3H3,(H2,18,19,22,25). The lowest BCUT2D eigenvalue weighted by Gasteiger charge is -2.13. The number of thiocarbonyl (C=S) groups is 1. The third-order valence-corrected chi connectivity index (χ3v) is 4.46. The number of anilines is 1. The van der Waals surface area contributed by atoms with Crippen LogP contribution in [0.15, 0.2) is 30.3 Å². The molecule has 0 saturated heterocycles. The molecule has 1 amide bonds. The van der Waals surface area contributed by atoms with Crippen LogP contribution in [0.1, 0.15) is 15.9 Å². The van der Waals surface area contributed by atoms with E-state index in [9.17, 15) is 4.79 Å². The quantitative estimate of drug-likeness (QED) is 0.664. The summed E-state index contributed by atoms with van der Waals surface area (Å²) < 4.78 is 18.8. The second-order valence-corrected chi connectivity index (χ2v) is 6.34. The summed E-state index contributed by atoms with van der Waals surface area (Å²) in [6, 6.07) is 8.72. The molecule has 3 rings (SSSR count). The summed E-state index contributed by atoms with van der Waals surface area (Å²) >= 11 is 6.40. The van der Waals surface area contributed by atoms with Crippen molar-refractivity contribution in [3.8, 4) is 11.5 Å². The van der Waals surface area contributed by atoms with E-state index in [-0.39, 0.29) is 11.0 Å². The Bertz CT molecular complexity index is 965. The SMILES string of the molecule is COc1cc(OC)cc(C(=O)NC(=S)Nc2c(C)ccc3nsnc23)c1. The number of ether oxygens (including phenoxy) is 2. The summed E-state index contributed by atoms with van der Waals surface area (Å²) in [4.78, 5) is 12.5. The molecule has 0 aliphatic heterocycles. The van der Waals surface area contributed by atoms with Crippen LogP contribution in [-0.2, 0) is 0 Å². The number of hydrogen-bond donors (Lipinski definition) is 2. The van der Waals surface area contributed by atoms with Crippen LogP contribution in [0.2, 0.25) is 0 Å². The number of fused-ring (bicyclic) bond motifs is 1. The lowest BCUT2D eigenvalue weighted by Crippen LogP contribution is -2.34. The van der Waals surface area contributed by atoms with E-state index in [0.29, 0.717) is 17.1 Å². The molecule has 7 nitrogen and oxygen atoms in total. The summed E-state index contributed by atoms with van der Waals surface area (Å²) in [6.07, 6.45) is 0. The van der Waals surface area contributed by atoms with Gasteiger partial charge in [0.2, 0.25) is 0 Å². The maximum Gasteiger partial charge on any atom is 0.257 e. The summed E-state index contributed by atoms with van der Waals surface area (Å²) in [6.45, 7) is 1.93. The van der Waals surface area contributed by atoms with E-state index < -0.39 is 0 Å². The third-order valence-electron chi connectivity index (χ3n) is 3.72. The number of hydrogen-bond acceptors (Lipinski definition) is 7. The molecule has 0 spiro atoms. The molecule has 2 aromatic carbocycles. The minimum atomic E-state index is -0.374. The van der Waals surface area contributed by atoms with Crippen molar-refractivity contribution in [2.45, 2.75) is 6.92 Å². The van der Waals surface area contributed by atoms with Crippen molar-refractivity contribution in [3.05, 3.63) is 41.5 Å². The van der Waals surface area contributed by atoms with Gasteiger partial charge in [0.25, 0.3) is 5.91 Å². The van der Waals surface area contributed by atoms with E-state index >= 15 is 0 Å². The summed E-state index contributed by atoms with van der Waals surface area (Å²) in [5.41, 5.74) is 3.54. The summed E-state index contributed by atoms with van der Waals surface area (Å²) in [5.74, 6) is 0.658. The molecule has 9 heteroatoms. The fraction of sp³-hybridized carbons (Fsp3) is 0.176. The van der Waals surface area contributed by atoms with Gasteiger partial charge in [-0.25, -0.2) is 0 Å². The van der Waals surface area contributed by atoms with Gasteiger partial charge in [0.05, 0.1) is 31.6 Å². The van der Waals surface area contributed by atoms with E-state index in [1.54, 1.807) is 18.2 Å². The molecule has 0 atom stereocenters. The molecular formula is C17H16N4O3S2. The van der Waals surface area contributed by atoms with Crippen LogP contribution in [-0.4, -0.2) is 34.0 Å². The predicted octanol–water partition coefficient (Wildman–Crippen LogP) is 3.14. The molecule has 0 aliphatic carbocycles. The van der Waals surface area contributed by atoms with Gasteiger partial charge in [-0.3, -0.25) is 10.1 Å². The second kappa shape index (κ2) is 7.63. The van der Waals surface area contributed by atoms with Gasteiger partial charge in [0.15, 0.2) is 5.11 Å². The molecule has 2 N–H and O–H groups in total. The van der Waals surface area contributed by atoms with Gasteiger partial charge >= 0.3 is 0 Å². The highest BCUT2D eigenvalue weighted by molar-refractivity contribution is 7.80. The van der Waals surface area contributed by atoms with Crippen molar-refractivity contribution < 1.29 is 14.3 Å². The smallest absolute Gasteiger partial charge is 0.257 e. The number of nitrogens with zero attached hydrogens (tertiary/aromatic N) is 2. The number of amides is 1. The highest BCUT2D eigenvalue weighted by atomic mass is 32.1. The minimum Gasteiger partial charge on any atom is -0.497 e. The largest absolute Gasteiger partial charge is 0.497 e. The Labute approximate surface area is 159 Å². The summed E-state index contributed by atoms with van der Waals surface area (Å²) in [5, 5.41) is 5.86. The van der Waals surface area contributed by atoms with Crippen LogP contribution in [0.4, 0.5) is 5.69 Å². The molecule has 26 heavy (non-hydrogen) atoms. The first-order valence-corrected chi connectivity index (χ1v) is 8.73. The Morgan fingerprint density at radius 1 is 1.12 bits per heavy atom. The molecule has 0 fully saturated rings. The number of benzene rings is 2. The van der Waals surface area contributed by atoms with Gasteiger partial charge in [0, 0.05) is 11.6 Å². The van der Waals surface area contributed by atoms with Crippen LogP contribution < -0.4 is 20.1 Å². The van der Waals surface area contributed by atoms with Crippen LogP contribution in [0.25, 0.3) is 11.0 Å². The molecular weight excluding hydrogens is 372 g/mol. The number of rotatable bonds is 4. The normalized spacial score (nSPS) is 10.4. The molecule has 0 saturated carbocycles. The molecule has 0 aliphatic rings. The predicted molar refractivity (Wildman–Crippen MR) is 105 cm³/mol. The van der Waals surface area contributed by atoms with E-state index in [1.165, 1.54) is 14.2 Å². The highest BCUT2D eigenvalue weighted by Gasteiger charge is 2.14. The van der Waals surface area contributed by atoms with Crippen molar-refractivity contribution in [1.82, 2.24) is 14.1 Å². The number of carbonyl (C=O) groups excluding carboxylic acids is 1. The molecule has 134 valence electrons. The molecule has 3 aromatic rings. The van der Waals surface area contributed by atoms with Gasteiger partial charge in [0.1, 0.15) is 22.5 Å². The number of aryl methyl sites for hydroxylation is 1. The van der Waals surface area contributed by atoms with Crippen molar-refractivity contribution in [2.24, 2.45) is 0 Å². The lowest BCUT2D eigenvalue weighted by molar-refractivity contribution is 0.0977. The van der Waals surface area contributed by atoms with Gasteiger partial charge in [-0.15, -0.1) is 0 Å². The average molecular weight is 388 g/mol. The second-order valence-electron chi connectivity index (χ2n) is 5.40. The van der Waals surface area contributed by atoms with Crippen LogP contribution in [0, 0.1) is 6.92 Å². The molecule has 0 radical (unpaired) electrons. The van der Waals surface area contributed by atoms with Crippen molar-refractivity contribution in [1.29, 1.82) is 0 Å². The first-order chi connectivity index (χ1) is 12.5. The van der Waals surface area contributed by atoms with Gasteiger partial charge in [-0.05, 0) is 42.9 Å². The van der Waals surface area contributed by atoms with Gasteiger partial charge < -0.3 is 14.8 Å². The number of methoxy groups -OCH3 is 2. The van der Waals surface area contributed by atoms with Gasteiger partial charge in [-0.2, -0.15) is 8.75 Å². The Morgan fingerprint density at radius 2 is 1.81 bits per heavy atom. The fourth-order valence-electron chi connectivity index (χ4n) is 2.37. The van der Waals surface area contributed by atoms with Crippen LogP contribution in [0.3, 0.4) is 0 Å². The van der Waals surface area contributed by atoms with E-state index in [0.717, 1.165) is 34.0 Å². The van der Waals surface area contributed by atoms with E-state index in [4.69, 9.17) is 21.7 Å². The Kier molecular flexibility index (Phi) is 5.29. The maximum atomic E-state index is 12.5. The average Bonchev–Trinajstić information content (AvgIpc) is 3.12. The minimum absolute atomic E-state index is 0.167. The zero-order valence-corrected chi connectivity index (χ0v) is 16.0. The Balaban J connectivity index is 1.78. The molecule has 1 heterocycles. The van der Waals surface area contributed by atoms with Crippen LogP contribution in [0.5, 0.6) is 11.5 Å². The monoisotopic (exact) mass is 388 g/mol. The molecule has 1 aromatic heterocycles. The molecule has 0 bridgehead atoms. The molecule has 0 unspecified atom stereocenters. The van der Waals surface area contributed by atoms with Crippen molar-refractivity contribution in [2.75, 3.05) is 19.5 Å². The van der Waals surface area contributed by atoms with Crippen LogP contribution >= 0.6 is 23.9 Å². The van der Waals surface area contributed by atoms with E-state index in [2.05, 4.69) is 19.4 Å². The Morgan fingerprint density at radius 3 is 2.46 bits per heavy atom. The van der Waals surface area contributed by atoms with Crippen molar-refractivity contribution in [3.63, 3.8) is 0 Å². The first kappa shape index (κ1) is 18.0. The number of carbonyl (C=O) groups is 1. The fourth-order valence-corrected chi connectivity index (χ4v) is 3.11. The number of nitrogens with one attached hydrogen (secondary N) is 2. The maximum absolute atomic E-state index is 12.5. The third kappa shape index (κ3) is 3.73. The van der Waals surface area contributed by atoms with Gasteiger partial charge in [-0.1, -0.05) is 6.07 Å². The first-order valence-electron chi connectivity index (χ1n) is 7.59. The van der Waals surface area contributed by atoms with E-state index in [1.807, 2.05) is 19.1 Å². The highest BCUT2D eigenvalue weighted by Crippen LogP contribution is 2.26. The zero-order chi connectivity index (χ0) is 18.7. The summed E-state index contributed by atoms with van der Waals surface area (Å²) in [7, 11) is 3.04. The topological polar surface area (TPSA) is 85.4 Å². The zero-order valence-electron chi connectivity index (χ0n) is 14.3. The van der Waals surface area contributed by atoms with Crippen molar-refractivity contribution >= 4 is 51.7 Å². The Hall–Kier alpha value is -2.78. The lowest BCUT2D eigenvalue weighted by atomic mass is 10.1.